The summed E-state index contributed by atoms with van der Waals surface area (Å²) >= 11 is 0. The monoisotopic (exact) mass is 1400 g/mol. The highest BCUT2D eigenvalue weighted by molar-refractivity contribution is 5.76. The molecule has 9 N–H and O–H groups in total. The van der Waals surface area contributed by atoms with Crippen molar-refractivity contribution in [1.29, 1.82) is 0 Å². The highest BCUT2D eigenvalue weighted by atomic mass is 16.7. The fourth-order valence-corrected chi connectivity index (χ4v) is 12.2. The second kappa shape index (κ2) is 68.0. The van der Waals surface area contributed by atoms with Crippen LogP contribution in [0.1, 0.15) is 296 Å². The zero-order valence-corrected chi connectivity index (χ0v) is 62.6. The Morgan fingerprint density at radius 1 is 0.370 bits per heavy atom. The number of allylic oxidation sites excluding steroid dienone is 23. The zero-order valence-electron chi connectivity index (χ0n) is 62.6. The third-order valence-corrected chi connectivity index (χ3v) is 18.5. The van der Waals surface area contributed by atoms with E-state index in [1.165, 1.54) is 135 Å². The molecule has 0 aromatic heterocycles. The minimum absolute atomic E-state index is 0.253. The molecule has 2 aliphatic rings. The van der Waals surface area contributed by atoms with Crippen molar-refractivity contribution in [3.05, 3.63) is 146 Å². The Hall–Kier alpha value is -4.13. The summed E-state index contributed by atoms with van der Waals surface area (Å²) in [5.41, 5.74) is 0. The first kappa shape index (κ1) is 92.0. The van der Waals surface area contributed by atoms with Crippen LogP contribution >= 0.6 is 0 Å². The molecule has 12 unspecified atom stereocenters. The van der Waals surface area contributed by atoms with Gasteiger partial charge in [-0.1, -0.05) is 333 Å². The van der Waals surface area contributed by atoms with Crippen LogP contribution in [0.5, 0.6) is 0 Å². The predicted octanol–water partition coefficient (Wildman–Crippen LogP) is 18.4. The summed E-state index contributed by atoms with van der Waals surface area (Å²) in [7, 11) is 0. The van der Waals surface area contributed by atoms with Gasteiger partial charge in [0.25, 0.3) is 0 Å². The molecule has 2 fully saturated rings. The Kier molecular flexibility index (Phi) is 62.5. The zero-order chi connectivity index (χ0) is 72.2. The van der Waals surface area contributed by atoms with Crippen LogP contribution in [0.25, 0.3) is 0 Å². The molecule has 0 bridgehead atoms. The summed E-state index contributed by atoms with van der Waals surface area (Å²) in [4.78, 5) is 13.4. The SMILES string of the molecule is CC/C=C\C/C=C\C/C=C\C/C=C\C/C=C\C/C=C\C/C=C\C/C=C\C/C=C\C/C=C\C/C=C\CCCCCCCCCC(=O)NC(COC1OC(CO)C(OC2OC(CO)C(O)C(O)C2O)C(O)C1O)C(O)/C=C/CCCCCCCCCCCCCCCCCCCCCCCCC. The van der Waals surface area contributed by atoms with Crippen molar-refractivity contribution < 1.29 is 64.6 Å². The molecule has 2 saturated heterocycles. The van der Waals surface area contributed by atoms with Gasteiger partial charge in [0.1, 0.15) is 48.8 Å². The van der Waals surface area contributed by atoms with Crippen LogP contribution in [0.3, 0.4) is 0 Å². The number of carbonyl (C=O) groups is 1. The maximum atomic E-state index is 13.4. The van der Waals surface area contributed by atoms with Crippen molar-refractivity contribution in [3.8, 4) is 0 Å². The quantitative estimate of drug-likeness (QED) is 0.0204. The van der Waals surface area contributed by atoms with Crippen molar-refractivity contribution in [1.82, 2.24) is 5.32 Å². The second-order valence-electron chi connectivity index (χ2n) is 27.5. The average molecular weight is 1400 g/mol. The number of rotatable bonds is 65. The van der Waals surface area contributed by atoms with Crippen LogP contribution in [-0.4, -0.2) is 140 Å². The Bertz CT molecular complexity index is 2250. The number of aliphatic hydroxyl groups excluding tert-OH is 8. The number of hydrogen-bond donors (Lipinski definition) is 9. The van der Waals surface area contributed by atoms with Gasteiger partial charge in [0.15, 0.2) is 12.6 Å². The minimum Gasteiger partial charge on any atom is -0.394 e. The Labute approximate surface area is 608 Å². The molecule has 0 radical (unpaired) electrons. The molecule has 0 saturated carbocycles. The van der Waals surface area contributed by atoms with E-state index in [9.17, 15) is 45.6 Å². The van der Waals surface area contributed by atoms with E-state index in [1.54, 1.807) is 6.08 Å². The lowest BCUT2D eigenvalue weighted by molar-refractivity contribution is -0.359. The molecule has 0 aromatic carbocycles. The van der Waals surface area contributed by atoms with Gasteiger partial charge in [0.2, 0.25) is 5.91 Å². The first-order valence-corrected chi connectivity index (χ1v) is 40.1. The van der Waals surface area contributed by atoms with Crippen molar-refractivity contribution in [3.63, 3.8) is 0 Å². The average Bonchev–Trinajstić information content (AvgIpc) is 0.791. The minimum atomic E-state index is -1.80. The van der Waals surface area contributed by atoms with Gasteiger partial charge in [-0.25, -0.2) is 0 Å². The van der Waals surface area contributed by atoms with E-state index < -0.39 is 86.8 Å². The van der Waals surface area contributed by atoms with E-state index in [-0.39, 0.29) is 18.9 Å². The summed E-state index contributed by atoms with van der Waals surface area (Å²) < 4.78 is 22.9. The first-order valence-electron chi connectivity index (χ1n) is 40.1. The second-order valence-corrected chi connectivity index (χ2v) is 27.5. The lowest BCUT2D eigenvalue weighted by Crippen LogP contribution is -2.65. The lowest BCUT2D eigenvalue weighted by atomic mass is 9.97. The van der Waals surface area contributed by atoms with Gasteiger partial charge in [-0.05, 0) is 103 Å². The van der Waals surface area contributed by atoms with Crippen LogP contribution < -0.4 is 5.32 Å². The van der Waals surface area contributed by atoms with E-state index in [0.29, 0.717) is 6.42 Å². The Morgan fingerprint density at radius 3 is 1.06 bits per heavy atom. The first-order chi connectivity index (χ1) is 49.1. The van der Waals surface area contributed by atoms with Crippen LogP contribution in [0, 0.1) is 0 Å². The largest absolute Gasteiger partial charge is 0.394 e. The van der Waals surface area contributed by atoms with E-state index in [4.69, 9.17) is 18.9 Å². The molecule has 2 aliphatic heterocycles. The maximum Gasteiger partial charge on any atom is 0.220 e. The molecule has 0 aromatic rings. The van der Waals surface area contributed by atoms with E-state index in [0.717, 1.165) is 135 Å². The molecule has 2 rings (SSSR count). The van der Waals surface area contributed by atoms with Crippen molar-refractivity contribution >= 4 is 5.91 Å². The molecule has 1 amide bonds. The highest BCUT2D eigenvalue weighted by Gasteiger charge is 2.51. The lowest BCUT2D eigenvalue weighted by Gasteiger charge is -2.46. The Balaban J connectivity index is 1.64. The maximum absolute atomic E-state index is 13.4. The molecule has 12 atom stereocenters. The van der Waals surface area contributed by atoms with Crippen LogP contribution in [0.15, 0.2) is 146 Å². The number of amides is 1. The summed E-state index contributed by atoms with van der Waals surface area (Å²) in [6.07, 6.45) is 86.2. The summed E-state index contributed by atoms with van der Waals surface area (Å²) in [6, 6.07) is -0.933. The number of aliphatic hydroxyl groups is 8. The Morgan fingerprint density at radius 2 is 0.690 bits per heavy atom. The molecular weight excluding hydrogens is 1250 g/mol. The van der Waals surface area contributed by atoms with E-state index in [1.807, 2.05) is 6.08 Å². The number of ether oxygens (including phenoxy) is 4. The third kappa shape index (κ3) is 50.3. The van der Waals surface area contributed by atoms with Crippen molar-refractivity contribution in [2.45, 2.75) is 370 Å². The van der Waals surface area contributed by atoms with Gasteiger partial charge in [-0.15, -0.1) is 0 Å². The van der Waals surface area contributed by atoms with Crippen LogP contribution in [-0.2, 0) is 23.7 Å². The van der Waals surface area contributed by atoms with Gasteiger partial charge >= 0.3 is 0 Å². The summed E-state index contributed by atoms with van der Waals surface area (Å²) in [5, 5.41) is 87.7. The molecular formula is C86H145NO13. The van der Waals surface area contributed by atoms with E-state index in [2.05, 4.69) is 153 Å². The molecule has 14 nitrogen and oxygen atoms in total. The fourth-order valence-electron chi connectivity index (χ4n) is 12.2. The topological polar surface area (TPSA) is 228 Å². The molecule has 100 heavy (non-hydrogen) atoms. The number of unbranched alkanes of at least 4 members (excludes halogenated alkanes) is 30. The van der Waals surface area contributed by atoms with Gasteiger partial charge in [-0.2, -0.15) is 0 Å². The molecule has 2 heterocycles. The van der Waals surface area contributed by atoms with Gasteiger partial charge in [-0.3, -0.25) is 4.79 Å². The smallest absolute Gasteiger partial charge is 0.220 e. The predicted molar refractivity (Wildman–Crippen MR) is 414 cm³/mol. The number of nitrogens with one attached hydrogen (secondary N) is 1. The molecule has 0 aliphatic carbocycles. The third-order valence-electron chi connectivity index (χ3n) is 18.5. The van der Waals surface area contributed by atoms with Gasteiger partial charge in [0.05, 0.1) is 32.0 Å². The van der Waals surface area contributed by atoms with Crippen molar-refractivity contribution in [2.75, 3.05) is 19.8 Å². The summed E-state index contributed by atoms with van der Waals surface area (Å²) in [5.74, 6) is -0.253. The molecule has 0 spiro atoms. The highest BCUT2D eigenvalue weighted by Crippen LogP contribution is 2.30. The number of hydrogen-bond acceptors (Lipinski definition) is 13. The fraction of sp³-hybridized carbons (Fsp3) is 0.709. The molecule has 572 valence electrons. The van der Waals surface area contributed by atoms with Crippen LogP contribution in [0.4, 0.5) is 0 Å². The molecule has 14 heteroatoms. The normalized spacial score (nSPS) is 22.7. The summed E-state index contributed by atoms with van der Waals surface area (Å²) in [6.45, 7) is 2.70. The standard InChI is InChI=1S/C86H145NO13/c1-3-5-7-9-11-13-15-17-19-21-23-25-27-29-30-31-32-33-34-35-36-37-38-39-40-41-42-43-44-46-48-50-52-54-56-58-60-62-64-66-68-70-78(91)87-74(73-97-85-83(96)81(94)84(77(72-89)99-85)100-86-82(95)80(93)79(92)76(71-88)98-86)75(90)69-67-65-63-61-59-57-55-53-51-49-47-45-28-26-24-22-20-18-16-14-12-10-8-6-4-2/h5,7,11,13,17,19,23,25,29-30,32-33,35-36,38-39,41-42,44,46,50,52,67,69,74-77,79-86,88-90,92-96H,3-4,6,8-10,12,14-16,18,20-22,24,26-28,31,34,37,40,43,45,47-49,51,53-66,68,70-73H2,1-2H3,(H,87,91)/b7-5-,13-11-,19-17-,25-23-,30-29-,33-32-,36-35-,39-38-,42-41-,46-44-,52-50-,69-67+. The van der Waals surface area contributed by atoms with Crippen molar-refractivity contribution in [2.24, 2.45) is 0 Å². The van der Waals surface area contributed by atoms with Gasteiger partial charge in [0, 0.05) is 6.42 Å². The van der Waals surface area contributed by atoms with Crippen LogP contribution in [0.2, 0.25) is 0 Å². The van der Waals surface area contributed by atoms with E-state index >= 15 is 0 Å². The van der Waals surface area contributed by atoms with Gasteiger partial charge < -0.3 is 65.1 Å². The number of carbonyl (C=O) groups excluding carboxylic acids is 1.